The maximum Gasteiger partial charge on any atom is 0.243 e. The maximum absolute atomic E-state index is 12.0. The highest BCUT2D eigenvalue weighted by Crippen LogP contribution is 2.35. The molecule has 0 bridgehead atoms. The number of amides is 1. The highest BCUT2D eigenvalue weighted by Gasteiger charge is 2.31. The molecule has 19 heavy (non-hydrogen) atoms. The summed E-state index contributed by atoms with van der Waals surface area (Å²) in [7, 11) is 1.66. The van der Waals surface area contributed by atoms with Gasteiger partial charge in [0.25, 0.3) is 0 Å². The van der Waals surface area contributed by atoms with Crippen LogP contribution in [0.25, 0.3) is 0 Å². The summed E-state index contributed by atoms with van der Waals surface area (Å²) in [6, 6.07) is 4.03. The van der Waals surface area contributed by atoms with E-state index in [1.807, 2.05) is 32.9 Å². The minimum absolute atomic E-state index is 0.199. The average Bonchev–Trinajstić information content (AvgIpc) is 2.36. The molecule has 0 aliphatic carbocycles. The van der Waals surface area contributed by atoms with Gasteiger partial charge in [-0.15, -0.1) is 0 Å². The molecule has 0 heterocycles. The zero-order valence-electron chi connectivity index (χ0n) is 12.6. The van der Waals surface area contributed by atoms with E-state index >= 15 is 0 Å². The van der Waals surface area contributed by atoms with Crippen molar-refractivity contribution in [3.63, 3.8) is 0 Å². The molecular formula is C15H24N2O2. The lowest BCUT2D eigenvalue weighted by Crippen LogP contribution is -2.44. The second kappa shape index (κ2) is 5.61. The lowest BCUT2D eigenvalue weighted by atomic mass is 9.79. The molecule has 106 valence electrons. The molecule has 0 spiro atoms. The van der Waals surface area contributed by atoms with Crippen molar-refractivity contribution in [1.29, 1.82) is 0 Å². The minimum Gasteiger partial charge on any atom is -0.496 e. The van der Waals surface area contributed by atoms with Gasteiger partial charge in [0.1, 0.15) is 5.75 Å². The molecule has 0 saturated heterocycles. The van der Waals surface area contributed by atoms with Crippen LogP contribution in [-0.2, 0) is 10.2 Å². The molecule has 4 heteroatoms. The first-order valence-electron chi connectivity index (χ1n) is 6.45. The number of carbonyl (C=O) groups excluding carboxylic acids is 1. The third kappa shape index (κ3) is 2.89. The summed E-state index contributed by atoms with van der Waals surface area (Å²) in [5.41, 5.74) is 4.66. The zero-order valence-corrected chi connectivity index (χ0v) is 12.6. The quantitative estimate of drug-likeness (QED) is 0.498. The van der Waals surface area contributed by atoms with Gasteiger partial charge in [-0.3, -0.25) is 10.2 Å². The Labute approximate surface area is 115 Å². The van der Waals surface area contributed by atoms with E-state index in [0.717, 1.165) is 22.4 Å². The number of aryl methyl sites for hydroxylation is 1. The fraction of sp³-hybridized carbons (Fsp3) is 0.533. The second-order valence-corrected chi connectivity index (χ2v) is 5.66. The minimum atomic E-state index is -0.672. The van der Waals surface area contributed by atoms with Gasteiger partial charge >= 0.3 is 0 Å². The number of hydrogen-bond donors (Lipinski definition) is 2. The van der Waals surface area contributed by atoms with Gasteiger partial charge < -0.3 is 4.74 Å². The number of carbonyl (C=O) groups is 1. The summed E-state index contributed by atoms with van der Waals surface area (Å²) in [5.74, 6) is 6.26. The predicted molar refractivity (Wildman–Crippen MR) is 77.2 cm³/mol. The van der Waals surface area contributed by atoms with Crippen molar-refractivity contribution in [2.24, 2.45) is 5.84 Å². The molecule has 3 N–H and O–H groups in total. The highest BCUT2D eigenvalue weighted by molar-refractivity contribution is 5.87. The first-order valence-corrected chi connectivity index (χ1v) is 6.45. The third-order valence-electron chi connectivity index (χ3n) is 3.57. The van der Waals surface area contributed by atoms with Crippen LogP contribution in [-0.4, -0.2) is 13.0 Å². The molecule has 0 radical (unpaired) electrons. The van der Waals surface area contributed by atoms with Gasteiger partial charge in [0.05, 0.1) is 12.5 Å². The van der Waals surface area contributed by atoms with Crippen LogP contribution < -0.4 is 16.0 Å². The van der Waals surface area contributed by atoms with Gasteiger partial charge in [-0.25, -0.2) is 5.84 Å². The monoisotopic (exact) mass is 264 g/mol. The lowest BCUT2D eigenvalue weighted by Gasteiger charge is -2.27. The van der Waals surface area contributed by atoms with Crippen LogP contribution in [0.2, 0.25) is 0 Å². The van der Waals surface area contributed by atoms with Gasteiger partial charge in [0.2, 0.25) is 5.91 Å². The molecule has 0 aliphatic heterocycles. The SMILES string of the molecule is COc1cc(C)c(C(C)(C)C(=O)NN)cc1C(C)C. The van der Waals surface area contributed by atoms with E-state index in [-0.39, 0.29) is 5.91 Å². The lowest BCUT2D eigenvalue weighted by molar-refractivity contribution is -0.125. The van der Waals surface area contributed by atoms with Crippen LogP contribution in [0.5, 0.6) is 5.75 Å². The Kier molecular flexibility index (Phi) is 4.58. The van der Waals surface area contributed by atoms with Crippen LogP contribution in [0, 0.1) is 6.92 Å². The summed E-state index contributed by atoms with van der Waals surface area (Å²) in [5, 5.41) is 0. The Morgan fingerprint density at radius 1 is 1.37 bits per heavy atom. The normalized spacial score (nSPS) is 11.6. The summed E-state index contributed by atoms with van der Waals surface area (Å²) in [6.45, 7) is 9.93. The van der Waals surface area contributed by atoms with Crippen molar-refractivity contribution in [1.82, 2.24) is 5.43 Å². The van der Waals surface area contributed by atoms with E-state index in [4.69, 9.17) is 10.6 Å². The largest absolute Gasteiger partial charge is 0.496 e. The Balaban J connectivity index is 3.45. The first kappa shape index (κ1) is 15.5. The number of hydrazine groups is 1. The number of nitrogens with two attached hydrogens (primary N) is 1. The average molecular weight is 264 g/mol. The van der Waals surface area contributed by atoms with Crippen molar-refractivity contribution in [3.05, 3.63) is 28.8 Å². The van der Waals surface area contributed by atoms with Crippen LogP contribution in [0.3, 0.4) is 0 Å². The van der Waals surface area contributed by atoms with Crippen LogP contribution >= 0.6 is 0 Å². The first-order chi connectivity index (χ1) is 8.75. The van der Waals surface area contributed by atoms with Crippen molar-refractivity contribution in [2.75, 3.05) is 7.11 Å². The second-order valence-electron chi connectivity index (χ2n) is 5.66. The molecule has 1 rings (SSSR count). The number of rotatable bonds is 4. The Morgan fingerprint density at radius 3 is 2.37 bits per heavy atom. The standard InChI is InChI=1S/C15H24N2O2/c1-9(2)11-8-12(10(3)7-13(11)19-6)15(4,5)14(18)17-16/h7-9H,16H2,1-6H3,(H,17,18). The number of hydrogen-bond acceptors (Lipinski definition) is 3. The van der Waals surface area contributed by atoms with E-state index in [0.29, 0.717) is 5.92 Å². The van der Waals surface area contributed by atoms with Gasteiger partial charge in [-0.05, 0) is 49.4 Å². The summed E-state index contributed by atoms with van der Waals surface area (Å²) < 4.78 is 5.42. The van der Waals surface area contributed by atoms with E-state index in [1.165, 1.54) is 0 Å². The summed E-state index contributed by atoms with van der Waals surface area (Å²) in [4.78, 5) is 12.0. The van der Waals surface area contributed by atoms with Gasteiger partial charge in [-0.1, -0.05) is 19.9 Å². The van der Waals surface area contributed by atoms with Gasteiger partial charge in [0.15, 0.2) is 0 Å². The number of nitrogens with one attached hydrogen (secondary N) is 1. The molecule has 1 aromatic rings. The Bertz CT molecular complexity index is 479. The Hall–Kier alpha value is -1.55. The molecule has 1 aromatic carbocycles. The van der Waals surface area contributed by atoms with Crippen molar-refractivity contribution in [2.45, 2.75) is 46.0 Å². The van der Waals surface area contributed by atoms with Crippen molar-refractivity contribution >= 4 is 5.91 Å². The van der Waals surface area contributed by atoms with Crippen LogP contribution in [0.1, 0.15) is 50.3 Å². The smallest absolute Gasteiger partial charge is 0.243 e. The fourth-order valence-corrected chi connectivity index (χ4v) is 2.30. The number of ether oxygens (including phenoxy) is 1. The summed E-state index contributed by atoms with van der Waals surface area (Å²) >= 11 is 0. The van der Waals surface area contributed by atoms with E-state index in [1.54, 1.807) is 7.11 Å². The van der Waals surface area contributed by atoms with Crippen LogP contribution in [0.15, 0.2) is 12.1 Å². The third-order valence-corrected chi connectivity index (χ3v) is 3.57. The van der Waals surface area contributed by atoms with Crippen molar-refractivity contribution in [3.8, 4) is 5.75 Å². The number of benzene rings is 1. The topological polar surface area (TPSA) is 64.3 Å². The number of methoxy groups -OCH3 is 1. The predicted octanol–water partition coefficient (Wildman–Crippen LogP) is 2.39. The zero-order chi connectivity index (χ0) is 14.8. The maximum atomic E-state index is 12.0. The highest BCUT2D eigenvalue weighted by atomic mass is 16.5. The molecule has 0 fully saturated rings. The molecule has 0 saturated carbocycles. The fourth-order valence-electron chi connectivity index (χ4n) is 2.30. The van der Waals surface area contributed by atoms with E-state index < -0.39 is 5.41 Å². The Morgan fingerprint density at radius 2 is 1.95 bits per heavy atom. The van der Waals surface area contributed by atoms with Gasteiger partial charge in [0, 0.05) is 0 Å². The van der Waals surface area contributed by atoms with Crippen molar-refractivity contribution < 1.29 is 9.53 Å². The molecular weight excluding hydrogens is 240 g/mol. The molecule has 4 nitrogen and oxygen atoms in total. The molecule has 0 aliphatic rings. The van der Waals surface area contributed by atoms with E-state index in [9.17, 15) is 4.79 Å². The molecule has 0 aromatic heterocycles. The molecule has 1 amide bonds. The molecule has 0 unspecified atom stereocenters. The van der Waals surface area contributed by atoms with E-state index in [2.05, 4.69) is 19.3 Å². The molecule has 0 atom stereocenters. The van der Waals surface area contributed by atoms with Gasteiger partial charge in [-0.2, -0.15) is 0 Å². The summed E-state index contributed by atoms with van der Waals surface area (Å²) in [6.07, 6.45) is 0. The van der Waals surface area contributed by atoms with Crippen LogP contribution in [0.4, 0.5) is 0 Å².